The predicted molar refractivity (Wildman–Crippen MR) is 92.4 cm³/mol. The number of unbranched alkanes of at least 4 members (excludes halogenated alkanes) is 1. The quantitative estimate of drug-likeness (QED) is 0.500. The van der Waals surface area contributed by atoms with Crippen LogP contribution < -0.4 is 0 Å². The Morgan fingerprint density at radius 1 is 1.14 bits per heavy atom. The van der Waals surface area contributed by atoms with Gasteiger partial charge in [0.15, 0.2) is 0 Å². The molecule has 1 saturated carbocycles. The first-order valence-electron chi connectivity index (χ1n) is 8.82. The minimum absolute atomic E-state index is 0.279. The van der Waals surface area contributed by atoms with E-state index in [1.54, 1.807) is 0 Å². The highest BCUT2D eigenvalue weighted by Crippen LogP contribution is 2.33. The molecule has 0 amide bonds. The van der Waals surface area contributed by atoms with Gasteiger partial charge in [-0.25, -0.2) is 0 Å². The van der Waals surface area contributed by atoms with Gasteiger partial charge in [-0.2, -0.15) is 11.8 Å². The maximum atomic E-state index is 10.4. The van der Waals surface area contributed by atoms with Crippen LogP contribution in [0.4, 0.5) is 0 Å². The molecule has 0 aromatic rings. The van der Waals surface area contributed by atoms with E-state index in [1.807, 2.05) is 0 Å². The van der Waals surface area contributed by atoms with Gasteiger partial charge < -0.3 is 9.84 Å². The molecule has 1 saturated heterocycles. The van der Waals surface area contributed by atoms with Crippen LogP contribution in [0.5, 0.6) is 0 Å². The second kappa shape index (κ2) is 10.3. The van der Waals surface area contributed by atoms with Gasteiger partial charge >= 0.3 is 5.97 Å². The molecule has 2 fully saturated rings. The van der Waals surface area contributed by atoms with Gasteiger partial charge in [0.1, 0.15) is 0 Å². The summed E-state index contributed by atoms with van der Waals surface area (Å²) in [6.07, 6.45) is 14.5. The van der Waals surface area contributed by atoms with Crippen LogP contribution in [0.25, 0.3) is 0 Å². The molecule has 2 rings (SSSR count). The fourth-order valence-electron chi connectivity index (χ4n) is 3.34. The lowest BCUT2D eigenvalue weighted by Gasteiger charge is -2.25. The summed E-state index contributed by atoms with van der Waals surface area (Å²) < 4.78 is 6.17. The van der Waals surface area contributed by atoms with E-state index < -0.39 is 5.97 Å². The number of hydrogen-bond donors (Lipinski definition) is 1. The zero-order chi connectivity index (χ0) is 15.6. The third kappa shape index (κ3) is 6.74. The highest BCUT2D eigenvalue weighted by Gasteiger charge is 2.28. The number of ether oxygens (including phenoxy) is 1. The maximum absolute atomic E-state index is 10.4. The standard InChI is InChI=1S/C18H30O3S/c19-18(20)11-7-2-1-4-8-15-13-22-14-16(15)12-21-17-9-5-3-6-10-17/h1,4,15-17H,2-3,5-14H2,(H,19,20)/b4-1-/t15-,16+/m0/s1. The average Bonchev–Trinajstić information content (AvgIpc) is 2.97. The summed E-state index contributed by atoms with van der Waals surface area (Å²) in [5.41, 5.74) is 0. The molecule has 4 heteroatoms. The number of aliphatic carboxylic acids is 1. The van der Waals surface area contributed by atoms with Crippen molar-refractivity contribution >= 4 is 17.7 Å². The van der Waals surface area contributed by atoms with E-state index in [2.05, 4.69) is 23.9 Å². The number of carbonyl (C=O) groups is 1. The fraction of sp³-hybridized carbons (Fsp3) is 0.833. The first-order chi connectivity index (χ1) is 10.8. The molecule has 0 bridgehead atoms. The summed E-state index contributed by atoms with van der Waals surface area (Å²) in [5.74, 6) is 3.24. The lowest BCUT2D eigenvalue weighted by Crippen LogP contribution is -2.24. The van der Waals surface area contributed by atoms with Crippen molar-refractivity contribution in [1.29, 1.82) is 0 Å². The Labute approximate surface area is 138 Å². The summed E-state index contributed by atoms with van der Waals surface area (Å²) in [6.45, 7) is 0.940. The van der Waals surface area contributed by atoms with Crippen molar-refractivity contribution in [3.63, 3.8) is 0 Å². The minimum Gasteiger partial charge on any atom is -0.481 e. The van der Waals surface area contributed by atoms with E-state index in [0.717, 1.165) is 31.8 Å². The van der Waals surface area contributed by atoms with Crippen LogP contribution in [0, 0.1) is 11.8 Å². The number of hydrogen-bond acceptors (Lipinski definition) is 3. The molecule has 2 aliphatic rings. The molecular weight excluding hydrogens is 296 g/mol. The Morgan fingerprint density at radius 2 is 1.91 bits per heavy atom. The number of rotatable bonds is 9. The van der Waals surface area contributed by atoms with Crippen LogP contribution in [-0.4, -0.2) is 35.3 Å². The second-order valence-corrected chi connectivity index (χ2v) is 7.72. The van der Waals surface area contributed by atoms with Crippen molar-refractivity contribution in [2.75, 3.05) is 18.1 Å². The smallest absolute Gasteiger partial charge is 0.303 e. The zero-order valence-electron chi connectivity index (χ0n) is 13.5. The van der Waals surface area contributed by atoms with Gasteiger partial charge in [-0.3, -0.25) is 4.79 Å². The van der Waals surface area contributed by atoms with Crippen molar-refractivity contribution in [2.24, 2.45) is 11.8 Å². The van der Waals surface area contributed by atoms with Crippen molar-refractivity contribution in [3.05, 3.63) is 12.2 Å². The predicted octanol–water partition coefficient (Wildman–Crippen LogP) is 4.52. The SMILES string of the molecule is O=C(O)CCC/C=C\C[C@H]1CSC[C@H]1COC1CCCCC1. The molecule has 2 atom stereocenters. The van der Waals surface area contributed by atoms with Gasteiger partial charge in [0.05, 0.1) is 12.7 Å². The summed E-state index contributed by atoms with van der Waals surface area (Å²) >= 11 is 2.06. The molecule has 0 aromatic carbocycles. The summed E-state index contributed by atoms with van der Waals surface area (Å²) in [4.78, 5) is 10.4. The van der Waals surface area contributed by atoms with Crippen LogP contribution in [0.3, 0.4) is 0 Å². The third-order valence-corrected chi connectivity index (χ3v) is 6.12. The van der Waals surface area contributed by atoms with Crippen molar-refractivity contribution in [1.82, 2.24) is 0 Å². The zero-order valence-corrected chi connectivity index (χ0v) is 14.4. The normalized spacial score (nSPS) is 26.7. The van der Waals surface area contributed by atoms with E-state index >= 15 is 0 Å². The highest BCUT2D eigenvalue weighted by atomic mass is 32.2. The van der Waals surface area contributed by atoms with Crippen LogP contribution in [0.1, 0.15) is 57.8 Å². The Bertz CT molecular complexity index is 350. The topological polar surface area (TPSA) is 46.5 Å². The Kier molecular flexibility index (Phi) is 8.38. The molecule has 0 radical (unpaired) electrons. The van der Waals surface area contributed by atoms with Gasteiger partial charge in [-0.15, -0.1) is 0 Å². The number of thioether (sulfide) groups is 1. The van der Waals surface area contributed by atoms with Gasteiger partial charge in [0, 0.05) is 6.42 Å². The van der Waals surface area contributed by atoms with Crippen molar-refractivity contribution in [2.45, 2.75) is 63.9 Å². The maximum Gasteiger partial charge on any atom is 0.303 e. The van der Waals surface area contributed by atoms with E-state index in [1.165, 1.54) is 43.6 Å². The van der Waals surface area contributed by atoms with E-state index in [-0.39, 0.29) is 6.42 Å². The lowest BCUT2D eigenvalue weighted by molar-refractivity contribution is -0.137. The first-order valence-corrected chi connectivity index (χ1v) is 9.97. The molecule has 1 N–H and O–H groups in total. The molecule has 126 valence electrons. The number of carboxylic acid groups (broad SMARTS) is 1. The summed E-state index contributed by atoms with van der Waals surface area (Å²) in [7, 11) is 0. The molecule has 0 aromatic heterocycles. The first kappa shape index (κ1) is 17.9. The van der Waals surface area contributed by atoms with E-state index in [0.29, 0.717) is 12.0 Å². The molecule has 1 heterocycles. The Hall–Kier alpha value is -0.480. The van der Waals surface area contributed by atoms with Gasteiger partial charge in [-0.1, -0.05) is 31.4 Å². The fourth-order valence-corrected chi connectivity index (χ4v) is 4.86. The van der Waals surface area contributed by atoms with Crippen LogP contribution >= 0.6 is 11.8 Å². The Balaban J connectivity index is 1.60. The molecular formula is C18H30O3S. The average molecular weight is 327 g/mol. The van der Waals surface area contributed by atoms with Gasteiger partial charge in [0.2, 0.25) is 0 Å². The highest BCUT2D eigenvalue weighted by molar-refractivity contribution is 7.99. The summed E-state index contributed by atoms with van der Waals surface area (Å²) in [6, 6.07) is 0. The monoisotopic (exact) mass is 326 g/mol. The molecule has 0 spiro atoms. The molecule has 3 nitrogen and oxygen atoms in total. The third-order valence-electron chi connectivity index (χ3n) is 4.80. The van der Waals surface area contributed by atoms with Crippen molar-refractivity contribution in [3.8, 4) is 0 Å². The van der Waals surface area contributed by atoms with Crippen LogP contribution in [0.2, 0.25) is 0 Å². The van der Waals surface area contributed by atoms with Gasteiger partial charge in [0.25, 0.3) is 0 Å². The molecule has 1 aliphatic carbocycles. The second-order valence-electron chi connectivity index (χ2n) is 6.64. The van der Waals surface area contributed by atoms with Crippen LogP contribution in [0.15, 0.2) is 12.2 Å². The van der Waals surface area contributed by atoms with Crippen molar-refractivity contribution < 1.29 is 14.6 Å². The van der Waals surface area contributed by atoms with Gasteiger partial charge in [-0.05, 0) is 55.4 Å². The Morgan fingerprint density at radius 3 is 2.68 bits per heavy atom. The number of carboxylic acids is 1. The largest absolute Gasteiger partial charge is 0.481 e. The lowest BCUT2D eigenvalue weighted by atomic mass is 9.92. The number of allylic oxidation sites excluding steroid dienone is 2. The molecule has 0 unspecified atom stereocenters. The van der Waals surface area contributed by atoms with E-state index in [4.69, 9.17) is 9.84 Å². The molecule has 22 heavy (non-hydrogen) atoms. The minimum atomic E-state index is -0.694. The van der Waals surface area contributed by atoms with E-state index in [9.17, 15) is 4.79 Å². The van der Waals surface area contributed by atoms with Crippen LogP contribution in [-0.2, 0) is 9.53 Å². The summed E-state index contributed by atoms with van der Waals surface area (Å²) in [5, 5.41) is 8.60. The molecule has 1 aliphatic heterocycles.